The van der Waals surface area contributed by atoms with Crippen LogP contribution in [0.3, 0.4) is 0 Å². The number of hydrogen-bond donors (Lipinski definition) is 1. The number of carbonyl (C=O) groups excluding carboxylic acids is 2. The molecule has 0 bridgehead atoms. The summed E-state index contributed by atoms with van der Waals surface area (Å²) in [6.45, 7) is 0.279. The summed E-state index contributed by atoms with van der Waals surface area (Å²) in [5.74, 6) is -0.766. The smallest absolute Gasteiger partial charge is 0.229 e. The maximum atomic E-state index is 12.4. The SMILES string of the molecule is O=C(Nc1ccc(Br)cc1)[C@H]1CC(=O)N(c2cc(Cl)ccc2Cl)C1. The zero-order valence-electron chi connectivity index (χ0n) is 12.4. The molecule has 0 unspecified atom stereocenters. The molecular formula is C17H13BrCl2N2O2. The van der Waals surface area contributed by atoms with E-state index < -0.39 is 5.92 Å². The second-order valence-corrected chi connectivity index (χ2v) is 7.26. The standard InChI is InChI=1S/C17H13BrCl2N2O2/c18-11-1-4-13(5-2-11)21-17(24)10-7-16(23)22(9-10)15-8-12(19)3-6-14(15)20/h1-6,8,10H,7,9H2,(H,21,24)/t10-/m0/s1. The van der Waals surface area contributed by atoms with Crippen LogP contribution in [0.15, 0.2) is 46.9 Å². The van der Waals surface area contributed by atoms with Crippen molar-refractivity contribution in [3.63, 3.8) is 0 Å². The van der Waals surface area contributed by atoms with Crippen molar-refractivity contribution in [1.82, 2.24) is 0 Å². The number of benzene rings is 2. The van der Waals surface area contributed by atoms with E-state index in [0.29, 0.717) is 21.4 Å². The quantitative estimate of drug-likeness (QED) is 0.768. The molecule has 4 nitrogen and oxygen atoms in total. The molecule has 24 heavy (non-hydrogen) atoms. The van der Waals surface area contributed by atoms with E-state index in [1.165, 1.54) is 4.90 Å². The van der Waals surface area contributed by atoms with Crippen LogP contribution in [0.2, 0.25) is 10.0 Å². The third kappa shape index (κ3) is 3.74. The fraction of sp³-hybridized carbons (Fsp3) is 0.176. The highest BCUT2D eigenvalue weighted by Crippen LogP contribution is 2.33. The first-order valence-corrected chi connectivity index (χ1v) is 8.81. The van der Waals surface area contributed by atoms with Gasteiger partial charge < -0.3 is 10.2 Å². The molecule has 2 aromatic rings. The second kappa shape index (κ2) is 7.13. The molecule has 1 fully saturated rings. The van der Waals surface area contributed by atoms with Gasteiger partial charge in [0.1, 0.15) is 0 Å². The predicted octanol–water partition coefficient (Wildman–Crippen LogP) is 4.75. The van der Waals surface area contributed by atoms with Gasteiger partial charge in [0.2, 0.25) is 11.8 Å². The lowest BCUT2D eigenvalue weighted by atomic mass is 10.1. The van der Waals surface area contributed by atoms with E-state index in [1.54, 1.807) is 30.3 Å². The van der Waals surface area contributed by atoms with Crippen LogP contribution in [-0.4, -0.2) is 18.4 Å². The van der Waals surface area contributed by atoms with Crippen LogP contribution in [0.5, 0.6) is 0 Å². The third-order valence-corrected chi connectivity index (χ3v) is 4.89. The second-order valence-electron chi connectivity index (χ2n) is 5.50. The molecule has 1 aliphatic rings. The number of amides is 2. The van der Waals surface area contributed by atoms with Gasteiger partial charge in [-0.25, -0.2) is 0 Å². The summed E-state index contributed by atoms with van der Waals surface area (Å²) in [6, 6.07) is 12.2. The predicted molar refractivity (Wildman–Crippen MR) is 99.7 cm³/mol. The Morgan fingerprint density at radius 2 is 1.88 bits per heavy atom. The first-order chi connectivity index (χ1) is 11.4. The Kier molecular flexibility index (Phi) is 5.13. The van der Waals surface area contributed by atoms with Gasteiger partial charge in [-0.1, -0.05) is 39.1 Å². The largest absolute Gasteiger partial charge is 0.326 e. The minimum absolute atomic E-state index is 0.143. The molecule has 7 heteroatoms. The van der Waals surface area contributed by atoms with E-state index in [2.05, 4.69) is 21.2 Å². The summed E-state index contributed by atoms with van der Waals surface area (Å²) in [5.41, 5.74) is 1.22. The van der Waals surface area contributed by atoms with Crippen LogP contribution in [0.1, 0.15) is 6.42 Å². The Hall–Kier alpha value is -1.56. The van der Waals surface area contributed by atoms with Crippen molar-refractivity contribution in [3.05, 3.63) is 57.0 Å². The average molecular weight is 428 g/mol. The number of hydrogen-bond acceptors (Lipinski definition) is 2. The Bertz CT molecular complexity index is 796. The summed E-state index contributed by atoms with van der Waals surface area (Å²) in [7, 11) is 0. The minimum Gasteiger partial charge on any atom is -0.326 e. The molecule has 1 saturated heterocycles. The zero-order valence-corrected chi connectivity index (χ0v) is 15.5. The van der Waals surface area contributed by atoms with Crippen LogP contribution >= 0.6 is 39.1 Å². The lowest BCUT2D eigenvalue weighted by molar-refractivity contribution is -0.122. The van der Waals surface area contributed by atoms with Crippen LogP contribution in [0.25, 0.3) is 0 Å². The van der Waals surface area contributed by atoms with Gasteiger partial charge in [-0.15, -0.1) is 0 Å². The van der Waals surface area contributed by atoms with E-state index in [4.69, 9.17) is 23.2 Å². The molecule has 0 aliphatic carbocycles. The van der Waals surface area contributed by atoms with E-state index in [0.717, 1.165) is 4.47 Å². The summed E-state index contributed by atoms with van der Waals surface area (Å²) < 4.78 is 0.929. The normalized spacial score (nSPS) is 17.2. The van der Waals surface area contributed by atoms with Crippen LogP contribution in [0.4, 0.5) is 11.4 Å². The number of nitrogens with zero attached hydrogens (tertiary/aromatic N) is 1. The zero-order chi connectivity index (χ0) is 17.3. The first kappa shape index (κ1) is 17.3. The molecule has 0 spiro atoms. The van der Waals surface area contributed by atoms with Crippen LogP contribution in [-0.2, 0) is 9.59 Å². The van der Waals surface area contributed by atoms with E-state index in [9.17, 15) is 9.59 Å². The number of anilines is 2. The first-order valence-electron chi connectivity index (χ1n) is 7.26. The van der Waals surface area contributed by atoms with E-state index in [1.807, 2.05) is 12.1 Å². The highest BCUT2D eigenvalue weighted by molar-refractivity contribution is 9.10. The fourth-order valence-electron chi connectivity index (χ4n) is 2.59. The van der Waals surface area contributed by atoms with Crippen molar-refractivity contribution < 1.29 is 9.59 Å². The Morgan fingerprint density at radius 1 is 1.17 bits per heavy atom. The minimum atomic E-state index is -0.434. The molecule has 3 rings (SSSR count). The van der Waals surface area contributed by atoms with E-state index >= 15 is 0 Å². The van der Waals surface area contributed by atoms with Crippen molar-refractivity contribution in [2.75, 3.05) is 16.8 Å². The van der Waals surface area contributed by atoms with Crippen LogP contribution in [0, 0.1) is 5.92 Å². The Labute approximate surface area is 157 Å². The molecule has 1 N–H and O–H groups in total. The summed E-state index contributed by atoms with van der Waals surface area (Å²) in [6.07, 6.45) is 0.144. The lowest BCUT2D eigenvalue weighted by Crippen LogP contribution is -2.28. The lowest BCUT2D eigenvalue weighted by Gasteiger charge is -2.18. The van der Waals surface area contributed by atoms with Gasteiger partial charge in [-0.05, 0) is 42.5 Å². The maximum absolute atomic E-state index is 12.4. The third-order valence-electron chi connectivity index (χ3n) is 3.81. The molecule has 2 amide bonds. The van der Waals surface area contributed by atoms with Crippen molar-refractivity contribution in [2.24, 2.45) is 5.92 Å². The average Bonchev–Trinajstić information content (AvgIpc) is 2.94. The summed E-state index contributed by atoms with van der Waals surface area (Å²) >= 11 is 15.5. The molecule has 1 atom stereocenters. The van der Waals surface area contributed by atoms with Gasteiger partial charge in [-0.3, -0.25) is 9.59 Å². The van der Waals surface area contributed by atoms with Crippen molar-refractivity contribution in [2.45, 2.75) is 6.42 Å². The number of carbonyl (C=O) groups is 2. The van der Waals surface area contributed by atoms with Gasteiger partial charge in [-0.2, -0.15) is 0 Å². The number of halogens is 3. The van der Waals surface area contributed by atoms with E-state index in [-0.39, 0.29) is 24.8 Å². The topological polar surface area (TPSA) is 49.4 Å². The van der Waals surface area contributed by atoms with Crippen molar-refractivity contribution >= 4 is 62.3 Å². The summed E-state index contributed by atoms with van der Waals surface area (Å²) in [5, 5.41) is 3.75. The highest BCUT2D eigenvalue weighted by atomic mass is 79.9. The number of nitrogens with one attached hydrogen (secondary N) is 1. The molecule has 0 aromatic heterocycles. The summed E-state index contributed by atoms with van der Waals surface area (Å²) in [4.78, 5) is 26.2. The molecule has 1 aliphatic heterocycles. The van der Waals surface area contributed by atoms with Gasteiger partial charge in [0.05, 0.1) is 16.6 Å². The molecule has 0 radical (unpaired) electrons. The number of rotatable bonds is 3. The molecule has 1 heterocycles. The molecular weight excluding hydrogens is 415 g/mol. The maximum Gasteiger partial charge on any atom is 0.229 e. The van der Waals surface area contributed by atoms with Crippen LogP contribution < -0.4 is 10.2 Å². The highest BCUT2D eigenvalue weighted by Gasteiger charge is 2.36. The Morgan fingerprint density at radius 3 is 2.58 bits per heavy atom. The Balaban J connectivity index is 1.73. The fourth-order valence-corrected chi connectivity index (χ4v) is 3.24. The van der Waals surface area contributed by atoms with Crippen molar-refractivity contribution in [1.29, 1.82) is 0 Å². The molecule has 124 valence electrons. The van der Waals surface area contributed by atoms with Gasteiger partial charge in [0.15, 0.2) is 0 Å². The molecule has 2 aromatic carbocycles. The van der Waals surface area contributed by atoms with Gasteiger partial charge in [0.25, 0.3) is 0 Å². The molecule has 0 saturated carbocycles. The van der Waals surface area contributed by atoms with Gasteiger partial charge >= 0.3 is 0 Å². The van der Waals surface area contributed by atoms with Gasteiger partial charge in [0, 0.05) is 28.1 Å². The monoisotopic (exact) mass is 426 g/mol. The van der Waals surface area contributed by atoms with Crippen molar-refractivity contribution in [3.8, 4) is 0 Å².